The van der Waals surface area contributed by atoms with E-state index in [1.165, 1.54) is 0 Å². The van der Waals surface area contributed by atoms with Crippen molar-refractivity contribution in [2.24, 2.45) is 11.1 Å². The number of anilines is 1. The molecule has 0 unspecified atom stereocenters. The minimum Gasteiger partial charge on any atom is -0.392 e. The lowest BCUT2D eigenvalue weighted by molar-refractivity contribution is -0.123. The van der Waals surface area contributed by atoms with Crippen LogP contribution in [0.3, 0.4) is 0 Å². The molecule has 0 aromatic carbocycles. The molecule has 96 valence electrons. The molecule has 0 atom stereocenters. The molecule has 0 radical (unpaired) electrons. The van der Waals surface area contributed by atoms with Crippen LogP contribution < -0.4 is 11.1 Å². The highest BCUT2D eigenvalue weighted by Gasteiger charge is 2.42. The Morgan fingerprint density at radius 1 is 1.28 bits per heavy atom. The molecule has 18 heavy (non-hydrogen) atoms. The summed E-state index contributed by atoms with van der Waals surface area (Å²) in [5.41, 5.74) is 5.88. The summed E-state index contributed by atoms with van der Waals surface area (Å²) < 4.78 is 0. The van der Waals surface area contributed by atoms with Crippen LogP contribution in [-0.2, 0) is 4.79 Å². The minimum absolute atomic E-state index is 0.0825. The van der Waals surface area contributed by atoms with Crippen LogP contribution in [-0.4, -0.2) is 15.9 Å². The summed E-state index contributed by atoms with van der Waals surface area (Å²) in [5.74, 6) is -0.0825. The summed E-state index contributed by atoms with van der Waals surface area (Å²) in [6.07, 6.45) is 7.93. The zero-order chi connectivity index (χ0) is 13.0. The van der Waals surface area contributed by atoms with Gasteiger partial charge in [0.15, 0.2) is 0 Å². The van der Waals surface area contributed by atoms with Gasteiger partial charge in [-0.3, -0.25) is 9.78 Å². The SMILES string of the molecule is NC(=S)C1(C(=O)Nc2ccncc2)CCCCC1. The quantitative estimate of drug-likeness (QED) is 0.821. The summed E-state index contributed by atoms with van der Waals surface area (Å²) >= 11 is 5.12. The number of carbonyl (C=O) groups is 1. The van der Waals surface area contributed by atoms with Crippen molar-refractivity contribution in [2.75, 3.05) is 5.32 Å². The van der Waals surface area contributed by atoms with E-state index in [0.29, 0.717) is 4.99 Å². The van der Waals surface area contributed by atoms with Crippen LogP contribution in [0.2, 0.25) is 0 Å². The molecule has 1 aliphatic rings. The monoisotopic (exact) mass is 263 g/mol. The van der Waals surface area contributed by atoms with Crippen LogP contribution in [0, 0.1) is 5.41 Å². The molecule has 3 N–H and O–H groups in total. The van der Waals surface area contributed by atoms with Gasteiger partial charge in [0.05, 0.1) is 10.4 Å². The van der Waals surface area contributed by atoms with Gasteiger partial charge in [-0.2, -0.15) is 0 Å². The van der Waals surface area contributed by atoms with Gasteiger partial charge >= 0.3 is 0 Å². The summed E-state index contributed by atoms with van der Waals surface area (Å²) in [6, 6.07) is 3.52. The van der Waals surface area contributed by atoms with Crippen LogP contribution in [0.25, 0.3) is 0 Å². The normalized spacial score (nSPS) is 18.0. The molecule has 1 heterocycles. The van der Waals surface area contributed by atoms with Gasteiger partial charge in [0, 0.05) is 18.1 Å². The second-order valence-electron chi connectivity index (χ2n) is 4.70. The predicted molar refractivity (Wildman–Crippen MR) is 75.2 cm³/mol. The first-order valence-electron chi connectivity index (χ1n) is 6.16. The summed E-state index contributed by atoms with van der Waals surface area (Å²) in [6.45, 7) is 0. The maximum absolute atomic E-state index is 12.4. The van der Waals surface area contributed by atoms with Crippen LogP contribution in [0.1, 0.15) is 32.1 Å². The molecular weight excluding hydrogens is 246 g/mol. The molecule has 4 nitrogen and oxygen atoms in total. The van der Waals surface area contributed by atoms with Crippen molar-refractivity contribution in [1.82, 2.24) is 4.98 Å². The van der Waals surface area contributed by atoms with Gasteiger partial charge < -0.3 is 11.1 Å². The second kappa shape index (κ2) is 5.44. The zero-order valence-corrected chi connectivity index (χ0v) is 11.0. The number of carbonyl (C=O) groups excluding carboxylic acids is 1. The summed E-state index contributed by atoms with van der Waals surface area (Å²) in [4.78, 5) is 16.7. The number of nitrogens with two attached hydrogens (primary N) is 1. The van der Waals surface area contributed by atoms with E-state index in [0.717, 1.165) is 37.8 Å². The third-order valence-corrected chi connectivity index (χ3v) is 3.94. The number of rotatable bonds is 3. The van der Waals surface area contributed by atoms with E-state index in [4.69, 9.17) is 18.0 Å². The summed E-state index contributed by atoms with van der Waals surface area (Å²) in [5, 5.41) is 2.89. The maximum atomic E-state index is 12.4. The van der Waals surface area contributed by atoms with Gasteiger partial charge in [-0.15, -0.1) is 0 Å². The Balaban J connectivity index is 2.16. The van der Waals surface area contributed by atoms with Gasteiger partial charge in [-0.25, -0.2) is 0 Å². The number of amides is 1. The number of pyridine rings is 1. The second-order valence-corrected chi connectivity index (χ2v) is 5.14. The Hall–Kier alpha value is -1.49. The number of nitrogens with one attached hydrogen (secondary N) is 1. The number of aromatic nitrogens is 1. The van der Waals surface area contributed by atoms with E-state index in [1.807, 2.05) is 0 Å². The molecule has 0 aliphatic heterocycles. The molecule has 1 saturated carbocycles. The number of nitrogens with zero attached hydrogens (tertiary/aromatic N) is 1. The lowest BCUT2D eigenvalue weighted by Gasteiger charge is -2.34. The molecule has 0 saturated heterocycles. The third-order valence-electron chi connectivity index (χ3n) is 3.55. The molecule has 5 heteroatoms. The molecule has 1 fully saturated rings. The van der Waals surface area contributed by atoms with E-state index < -0.39 is 5.41 Å². The van der Waals surface area contributed by atoms with Crippen molar-refractivity contribution < 1.29 is 4.79 Å². The molecule has 0 bridgehead atoms. The minimum atomic E-state index is -0.670. The van der Waals surface area contributed by atoms with Crippen LogP contribution >= 0.6 is 12.2 Å². The molecule has 0 spiro atoms. The Morgan fingerprint density at radius 2 is 1.89 bits per heavy atom. The molecule has 1 aromatic heterocycles. The molecule has 1 amide bonds. The fraction of sp³-hybridized carbons (Fsp3) is 0.462. The summed E-state index contributed by atoms with van der Waals surface area (Å²) in [7, 11) is 0. The zero-order valence-electron chi connectivity index (χ0n) is 10.2. The Kier molecular flexibility index (Phi) is 3.91. The van der Waals surface area contributed by atoms with Crippen LogP contribution in [0.4, 0.5) is 5.69 Å². The number of thiocarbonyl (C=S) groups is 1. The standard InChI is InChI=1S/C13H17N3OS/c14-11(18)13(6-2-1-3-7-13)12(17)16-10-4-8-15-9-5-10/h4-5,8-9H,1-3,6-7H2,(H2,14,18)(H,15,16,17). The molecule has 1 aromatic rings. The van der Waals surface area contributed by atoms with Crippen molar-refractivity contribution in [3.05, 3.63) is 24.5 Å². The largest absolute Gasteiger partial charge is 0.392 e. The molecule has 1 aliphatic carbocycles. The number of hydrogen-bond donors (Lipinski definition) is 2. The van der Waals surface area contributed by atoms with Crippen molar-refractivity contribution >= 4 is 28.8 Å². The van der Waals surface area contributed by atoms with Crippen molar-refractivity contribution in [3.63, 3.8) is 0 Å². The van der Waals surface area contributed by atoms with Crippen molar-refractivity contribution in [2.45, 2.75) is 32.1 Å². The van der Waals surface area contributed by atoms with Gasteiger partial charge in [0.2, 0.25) is 5.91 Å². The van der Waals surface area contributed by atoms with E-state index in [-0.39, 0.29) is 5.91 Å². The van der Waals surface area contributed by atoms with Gasteiger partial charge in [-0.05, 0) is 25.0 Å². The van der Waals surface area contributed by atoms with E-state index >= 15 is 0 Å². The van der Waals surface area contributed by atoms with Crippen LogP contribution in [0.5, 0.6) is 0 Å². The average Bonchev–Trinajstić information content (AvgIpc) is 2.40. The molecular formula is C13H17N3OS. The van der Waals surface area contributed by atoms with Gasteiger partial charge in [-0.1, -0.05) is 31.5 Å². The van der Waals surface area contributed by atoms with Crippen LogP contribution in [0.15, 0.2) is 24.5 Å². The highest BCUT2D eigenvalue weighted by atomic mass is 32.1. The van der Waals surface area contributed by atoms with E-state index in [2.05, 4.69) is 10.3 Å². The van der Waals surface area contributed by atoms with Crippen molar-refractivity contribution in [1.29, 1.82) is 0 Å². The fourth-order valence-corrected chi connectivity index (χ4v) is 2.72. The first kappa shape index (κ1) is 13.0. The third kappa shape index (κ3) is 2.51. The Labute approximate surface area is 112 Å². The highest BCUT2D eigenvalue weighted by Crippen LogP contribution is 2.37. The topological polar surface area (TPSA) is 68.0 Å². The van der Waals surface area contributed by atoms with Gasteiger partial charge in [0.1, 0.15) is 0 Å². The van der Waals surface area contributed by atoms with E-state index in [9.17, 15) is 4.79 Å². The predicted octanol–water partition coefficient (Wildman–Crippen LogP) is 2.26. The van der Waals surface area contributed by atoms with Gasteiger partial charge in [0.25, 0.3) is 0 Å². The van der Waals surface area contributed by atoms with E-state index in [1.54, 1.807) is 24.5 Å². The first-order chi connectivity index (χ1) is 8.65. The Bertz CT molecular complexity index is 441. The number of hydrogen-bond acceptors (Lipinski definition) is 3. The lowest BCUT2D eigenvalue weighted by Crippen LogP contribution is -2.47. The average molecular weight is 263 g/mol. The highest BCUT2D eigenvalue weighted by molar-refractivity contribution is 7.80. The maximum Gasteiger partial charge on any atom is 0.237 e. The first-order valence-corrected chi connectivity index (χ1v) is 6.57. The molecule has 2 rings (SSSR count). The smallest absolute Gasteiger partial charge is 0.237 e. The lowest BCUT2D eigenvalue weighted by atomic mass is 9.73. The fourth-order valence-electron chi connectivity index (χ4n) is 2.43. The van der Waals surface area contributed by atoms with Crippen molar-refractivity contribution in [3.8, 4) is 0 Å². The Morgan fingerprint density at radius 3 is 2.44 bits per heavy atom.